The van der Waals surface area contributed by atoms with Crippen molar-refractivity contribution in [3.8, 4) is 22.5 Å². The molecule has 0 spiro atoms. The van der Waals surface area contributed by atoms with Gasteiger partial charge in [-0.15, -0.1) is 0 Å². The summed E-state index contributed by atoms with van der Waals surface area (Å²) in [6.45, 7) is 5.34. The molecule has 0 aliphatic carbocycles. The van der Waals surface area contributed by atoms with E-state index in [-0.39, 0.29) is 22.8 Å². The molecule has 150 valence electrons. The number of H-pyrrole nitrogens is 1. The summed E-state index contributed by atoms with van der Waals surface area (Å²) in [6.07, 6.45) is 1.42. The number of Topliss-reactive ketones (excluding diaryl/α,β-unsaturated/α-hetero) is 1. The molecule has 0 atom stereocenters. The number of rotatable bonds is 4. The van der Waals surface area contributed by atoms with E-state index in [0.717, 1.165) is 11.3 Å². The van der Waals surface area contributed by atoms with Crippen LogP contribution in [0, 0.1) is 12.8 Å². The summed E-state index contributed by atoms with van der Waals surface area (Å²) < 4.78 is 0. The lowest BCUT2D eigenvalue weighted by Crippen LogP contribution is -2.21. The number of nitrogens with zero attached hydrogens (tertiary/aromatic N) is 3. The molecular formula is C23H19ClN4O2. The minimum atomic E-state index is -0.437. The molecule has 4 rings (SSSR count). The minimum absolute atomic E-state index is 0.0779. The van der Waals surface area contributed by atoms with Gasteiger partial charge in [-0.3, -0.25) is 9.59 Å². The first-order chi connectivity index (χ1) is 14.3. The van der Waals surface area contributed by atoms with Gasteiger partial charge in [-0.1, -0.05) is 55.8 Å². The smallest absolute Gasteiger partial charge is 0.220 e. The number of fused-ring (bicyclic) bond motifs is 1. The second-order valence-corrected chi connectivity index (χ2v) is 7.74. The third-order valence-electron chi connectivity index (χ3n) is 4.74. The summed E-state index contributed by atoms with van der Waals surface area (Å²) in [6, 6.07) is 13.1. The van der Waals surface area contributed by atoms with E-state index in [1.54, 1.807) is 19.9 Å². The Morgan fingerprint density at radius 1 is 1.00 bits per heavy atom. The van der Waals surface area contributed by atoms with Crippen LogP contribution in [0.15, 0.2) is 53.5 Å². The molecule has 3 aromatic heterocycles. The highest BCUT2D eigenvalue weighted by molar-refractivity contribution is 6.29. The number of hydrogen-bond acceptors (Lipinski definition) is 5. The third kappa shape index (κ3) is 3.62. The molecule has 7 heteroatoms. The molecule has 30 heavy (non-hydrogen) atoms. The monoisotopic (exact) mass is 418 g/mol. The van der Waals surface area contributed by atoms with Crippen LogP contribution < -0.4 is 5.43 Å². The average Bonchev–Trinajstić information content (AvgIpc) is 2.72. The Balaban J connectivity index is 2.06. The summed E-state index contributed by atoms with van der Waals surface area (Å²) in [5, 5.41) is 0.323. The number of hydrogen-bond donors (Lipinski definition) is 1. The van der Waals surface area contributed by atoms with Crippen LogP contribution in [0.1, 0.15) is 29.9 Å². The van der Waals surface area contributed by atoms with Gasteiger partial charge in [-0.2, -0.15) is 0 Å². The molecule has 0 aliphatic rings. The maximum Gasteiger partial charge on any atom is 0.220 e. The largest absolute Gasteiger partial charge is 0.344 e. The molecule has 6 nitrogen and oxygen atoms in total. The molecule has 1 N–H and O–H groups in total. The van der Waals surface area contributed by atoms with E-state index >= 15 is 0 Å². The standard InChI is InChI=1S/C23H19ClN4O2/c1-12(2)21(29)16-11-25-23-20(22(16)30)27-19(15-9-13(3)26-17(24)10-15)18(28-23)14-7-5-4-6-8-14/h4-12H,1-3H3,(H,25,28,30). The lowest BCUT2D eigenvalue weighted by molar-refractivity contribution is 0.0938. The van der Waals surface area contributed by atoms with Gasteiger partial charge in [-0.05, 0) is 19.1 Å². The Bertz CT molecular complexity index is 1310. The normalized spacial score (nSPS) is 11.2. The zero-order chi connectivity index (χ0) is 21.4. The summed E-state index contributed by atoms with van der Waals surface area (Å²) in [7, 11) is 0. The van der Waals surface area contributed by atoms with Crippen LogP contribution in [-0.2, 0) is 0 Å². The van der Waals surface area contributed by atoms with Crippen molar-refractivity contribution in [1.82, 2.24) is 19.9 Å². The van der Waals surface area contributed by atoms with Crippen molar-refractivity contribution in [2.75, 3.05) is 0 Å². The number of benzene rings is 1. The lowest BCUT2D eigenvalue weighted by Gasteiger charge is -2.12. The van der Waals surface area contributed by atoms with Crippen LogP contribution in [0.25, 0.3) is 33.7 Å². The second kappa shape index (κ2) is 7.80. The molecule has 1 aromatic carbocycles. The number of pyridine rings is 2. The van der Waals surface area contributed by atoms with E-state index < -0.39 is 5.43 Å². The minimum Gasteiger partial charge on any atom is -0.344 e. The van der Waals surface area contributed by atoms with Crippen molar-refractivity contribution in [2.24, 2.45) is 5.92 Å². The number of carbonyl (C=O) groups excluding carboxylic acids is 1. The first-order valence-electron chi connectivity index (χ1n) is 9.52. The van der Waals surface area contributed by atoms with Crippen LogP contribution in [0.5, 0.6) is 0 Å². The number of aromatic amines is 1. The van der Waals surface area contributed by atoms with Gasteiger partial charge in [0, 0.05) is 28.9 Å². The Labute approximate surface area is 178 Å². The predicted molar refractivity (Wildman–Crippen MR) is 118 cm³/mol. The fourth-order valence-corrected chi connectivity index (χ4v) is 3.54. The van der Waals surface area contributed by atoms with E-state index in [4.69, 9.17) is 16.6 Å². The molecule has 0 radical (unpaired) electrons. The summed E-state index contributed by atoms with van der Waals surface area (Å²) >= 11 is 6.18. The van der Waals surface area contributed by atoms with Crippen molar-refractivity contribution in [3.05, 3.63) is 75.3 Å². The first-order valence-corrected chi connectivity index (χ1v) is 9.90. The van der Waals surface area contributed by atoms with Gasteiger partial charge in [-0.25, -0.2) is 15.0 Å². The maximum atomic E-state index is 13.1. The van der Waals surface area contributed by atoms with Crippen LogP contribution in [0.2, 0.25) is 5.15 Å². The van der Waals surface area contributed by atoms with E-state index in [1.807, 2.05) is 43.3 Å². The lowest BCUT2D eigenvalue weighted by atomic mass is 10.0. The molecule has 0 amide bonds. The van der Waals surface area contributed by atoms with Crippen LogP contribution in [0.3, 0.4) is 0 Å². The molecule has 0 fully saturated rings. The van der Waals surface area contributed by atoms with Crippen molar-refractivity contribution in [3.63, 3.8) is 0 Å². The number of nitrogens with one attached hydrogen (secondary N) is 1. The van der Waals surface area contributed by atoms with E-state index in [9.17, 15) is 9.59 Å². The van der Waals surface area contributed by atoms with Crippen molar-refractivity contribution < 1.29 is 4.79 Å². The highest BCUT2D eigenvalue weighted by Crippen LogP contribution is 2.31. The van der Waals surface area contributed by atoms with E-state index in [0.29, 0.717) is 27.8 Å². The van der Waals surface area contributed by atoms with Crippen LogP contribution in [-0.4, -0.2) is 25.7 Å². The Morgan fingerprint density at radius 3 is 2.37 bits per heavy atom. The number of carbonyl (C=O) groups is 1. The Morgan fingerprint density at radius 2 is 1.70 bits per heavy atom. The fraction of sp³-hybridized carbons (Fsp3) is 0.174. The average molecular weight is 419 g/mol. The van der Waals surface area contributed by atoms with Crippen LogP contribution in [0.4, 0.5) is 0 Å². The third-order valence-corrected chi connectivity index (χ3v) is 4.94. The van der Waals surface area contributed by atoms with E-state index in [2.05, 4.69) is 15.0 Å². The topological polar surface area (TPSA) is 88.6 Å². The van der Waals surface area contributed by atoms with E-state index in [1.165, 1.54) is 6.20 Å². The van der Waals surface area contributed by atoms with Crippen molar-refractivity contribution in [1.29, 1.82) is 0 Å². The Hall–Kier alpha value is -3.38. The molecule has 0 saturated heterocycles. The molecule has 0 bridgehead atoms. The summed E-state index contributed by atoms with van der Waals surface area (Å²) in [4.78, 5) is 42.0. The molecule has 4 aromatic rings. The number of halogens is 1. The molecule has 0 unspecified atom stereocenters. The van der Waals surface area contributed by atoms with Gasteiger partial charge in [0.1, 0.15) is 5.15 Å². The summed E-state index contributed by atoms with van der Waals surface area (Å²) in [5.74, 6) is -0.544. The van der Waals surface area contributed by atoms with Gasteiger partial charge >= 0.3 is 0 Å². The SMILES string of the molecule is Cc1cc(-c2nc3c(=O)c(C(=O)C(C)C)c[nH]c3nc2-c2ccccc2)cc(Cl)n1. The molecule has 3 heterocycles. The van der Waals surface area contributed by atoms with Crippen LogP contribution >= 0.6 is 11.6 Å². The maximum absolute atomic E-state index is 13.1. The molecule has 0 saturated carbocycles. The number of ketones is 1. The van der Waals surface area contributed by atoms with Gasteiger partial charge in [0.2, 0.25) is 5.43 Å². The van der Waals surface area contributed by atoms with Gasteiger partial charge in [0.15, 0.2) is 16.9 Å². The Kier molecular flexibility index (Phi) is 5.18. The van der Waals surface area contributed by atoms with Crippen molar-refractivity contribution >= 4 is 28.5 Å². The highest BCUT2D eigenvalue weighted by Gasteiger charge is 2.20. The second-order valence-electron chi connectivity index (χ2n) is 7.35. The zero-order valence-corrected chi connectivity index (χ0v) is 17.5. The van der Waals surface area contributed by atoms with Gasteiger partial charge < -0.3 is 4.98 Å². The summed E-state index contributed by atoms with van der Waals surface area (Å²) in [5.41, 5.74) is 3.43. The van der Waals surface area contributed by atoms with Gasteiger partial charge in [0.05, 0.1) is 17.0 Å². The quantitative estimate of drug-likeness (QED) is 0.378. The van der Waals surface area contributed by atoms with Gasteiger partial charge in [0.25, 0.3) is 0 Å². The molecular weight excluding hydrogens is 400 g/mol. The zero-order valence-electron chi connectivity index (χ0n) is 16.7. The number of aryl methyl sites for hydroxylation is 1. The molecule has 0 aliphatic heterocycles. The van der Waals surface area contributed by atoms with Crippen molar-refractivity contribution in [2.45, 2.75) is 20.8 Å². The first kappa shape index (κ1) is 19.9. The number of aromatic nitrogens is 4. The fourth-order valence-electron chi connectivity index (χ4n) is 3.29. The predicted octanol–water partition coefficient (Wildman–Crippen LogP) is 4.85. The highest BCUT2D eigenvalue weighted by atomic mass is 35.5.